The van der Waals surface area contributed by atoms with Crippen LogP contribution in [0, 0.1) is 5.92 Å². The van der Waals surface area contributed by atoms with E-state index in [0.717, 1.165) is 16.5 Å². The third-order valence-corrected chi connectivity index (χ3v) is 4.75. The van der Waals surface area contributed by atoms with Crippen molar-refractivity contribution in [3.63, 3.8) is 0 Å². The summed E-state index contributed by atoms with van der Waals surface area (Å²) < 4.78 is 10.2. The molecular formula is C19H20N4O4S. The van der Waals surface area contributed by atoms with Gasteiger partial charge in [0.25, 0.3) is 0 Å². The number of carbonyl (C=O) groups is 2. The molecule has 0 saturated heterocycles. The third kappa shape index (κ3) is 4.66. The zero-order chi connectivity index (χ0) is 19.9. The quantitative estimate of drug-likeness (QED) is 0.454. The molecule has 0 unspecified atom stereocenters. The van der Waals surface area contributed by atoms with Crippen molar-refractivity contribution in [3.8, 4) is 0 Å². The van der Waals surface area contributed by atoms with Crippen LogP contribution >= 0.6 is 11.8 Å². The van der Waals surface area contributed by atoms with E-state index in [2.05, 4.69) is 20.2 Å². The highest BCUT2D eigenvalue weighted by molar-refractivity contribution is 7.99. The van der Waals surface area contributed by atoms with Crippen LogP contribution in [0.25, 0.3) is 10.9 Å². The summed E-state index contributed by atoms with van der Waals surface area (Å²) in [6.45, 7) is 3.79. The van der Waals surface area contributed by atoms with Gasteiger partial charge < -0.3 is 9.47 Å². The van der Waals surface area contributed by atoms with Crippen molar-refractivity contribution in [1.29, 1.82) is 0 Å². The molecule has 0 spiro atoms. The summed E-state index contributed by atoms with van der Waals surface area (Å²) >= 11 is 1.32. The van der Waals surface area contributed by atoms with E-state index in [1.54, 1.807) is 13.8 Å². The number of hydrogen-bond donors (Lipinski definition) is 1. The highest BCUT2D eigenvalue weighted by Crippen LogP contribution is 2.29. The molecule has 0 saturated carbocycles. The summed E-state index contributed by atoms with van der Waals surface area (Å²) in [7, 11) is 0. The Bertz CT molecular complexity index is 944. The number of pyridine rings is 1. The van der Waals surface area contributed by atoms with E-state index in [9.17, 15) is 9.59 Å². The van der Waals surface area contributed by atoms with Crippen molar-refractivity contribution in [1.82, 2.24) is 20.2 Å². The Labute approximate surface area is 166 Å². The first-order valence-electron chi connectivity index (χ1n) is 8.87. The molecule has 1 aromatic carbocycles. The Morgan fingerprint density at radius 1 is 1.14 bits per heavy atom. The lowest BCUT2D eigenvalue weighted by molar-refractivity contribution is -0.161. The van der Waals surface area contributed by atoms with Gasteiger partial charge in [-0.2, -0.15) is 5.10 Å². The number of benzene rings is 1. The standard InChI is InChI=1S/C19H20N4O4S/c1-3-26-17(24)14(18(25)27-4-2)9-12-10-16(28-19-20-11-21-23-19)22-15-8-6-5-7-13(12)15/h5-8,10-11,14H,3-4,9H2,1-2H3,(H,20,21,23). The van der Waals surface area contributed by atoms with Crippen LogP contribution in [0.1, 0.15) is 19.4 Å². The predicted octanol–water partition coefficient (Wildman–Crippen LogP) is 2.79. The van der Waals surface area contributed by atoms with E-state index >= 15 is 0 Å². The lowest BCUT2D eigenvalue weighted by Crippen LogP contribution is -2.30. The number of para-hydroxylation sites is 1. The van der Waals surface area contributed by atoms with Gasteiger partial charge in [0.05, 0.1) is 18.7 Å². The Hall–Kier alpha value is -2.94. The van der Waals surface area contributed by atoms with Crippen molar-refractivity contribution in [3.05, 3.63) is 42.2 Å². The van der Waals surface area contributed by atoms with Gasteiger partial charge in [-0.3, -0.25) is 14.7 Å². The molecule has 0 fully saturated rings. The average Bonchev–Trinajstić information content (AvgIpc) is 3.19. The fourth-order valence-corrected chi connectivity index (χ4v) is 3.49. The van der Waals surface area contributed by atoms with Gasteiger partial charge in [-0.1, -0.05) is 18.2 Å². The number of aromatic amines is 1. The van der Waals surface area contributed by atoms with Crippen LogP contribution in [0.15, 0.2) is 46.8 Å². The fourth-order valence-electron chi connectivity index (χ4n) is 2.75. The number of carbonyl (C=O) groups excluding carboxylic acids is 2. The van der Waals surface area contributed by atoms with Gasteiger partial charge in [0.2, 0.25) is 0 Å². The van der Waals surface area contributed by atoms with Crippen LogP contribution in [0.2, 0.25) is 0 Å². The monoisotopic (exact) mass is 400 g/mol. The number of H-pyrrole nitrogens is 1. The maximum Gasteiger partial charge on any atom is 0.320 e. The molecule has 0 atom stereocenters. The SMILES string of the molecule is CCOC(=O)C(Cc1cc(Sc2ncn[nH]2)nc2ccccc12)C(=O)OCC. The molecule has 0 aliphatic carbocycles. The molecule has 146 valence electrons. The lowest BCUT2D eigenvalue weighted by Gasteiger charge is -2.16. The second-order valence-corrected chi connectivity index (χ2v) is 6.80. The molecule has 0 aliphatic rings. The smallest absolute Gasteiger partial charge is 0.320 e. The molecular weight excluding hydrogens is 380 g/mol. The molecule has 0 amide bonds. The number of nitrogens with one attached hydrogen (secondary N) is 1. The summed E-state index contributed by atoms with van der Waals surface area (Å²) in [5, 5.41) is 8.75. The van der Waals surface area contributed by atoms with E-state index in [1.165, 1.54) is 18.1 Å². The second-order valence-electron chi connectivity index (χ2n) is 5.79. The Kier molecular flexibility index (Phi) is 6.59. The molecule has 2 heterocycles. The summed E-state index contributed by atoms with van der Waals surface area (Å²) in [6, 6.07) is 9.42. The van der Waals surface area contributed by atoms with E-state index < -0.39 is 17.9 Å². The van der Waals surface area contributed by atoms with E-state index in [4.69, 9.17) is 9.47 Å². The van der Waals surface area contributed by atoms with E-state index in [1.807, 2.05) is 30.3 Å². The highest BCUT2D eigenvalue weighted by atomic mass is 32.2. The summed E-state index contributed by atoms with van der Waals surface area (Å²) in [5.74, 6) is -2.22. The van der Waals surface area contributed by atoms with Crippen LogP contribution in [-0.4, -0.2) is 45.3 Å². The van der Waals surface area contributed by atoms with Crippen molar-refractivity contribution >= 4 is 34.6 Å². The number of esters is 2. The fraction of sp³-hybridized carbons (Fsp3) is 0.316. The summed E-state index contributed by atoms with van der Waals surface area (Å²) in [4.78, 5) is 33.5. The highest BCUT2D eigenvalue weighted by Gasteiger charge is 2.30. The summed E-state index contributed by atoms with van der Waals surface area (Å²) in [5.41, 5.74) is 1.56. The molecule has 3 aromatic rings. The molecule has 1 N–H and O–H groups in total. The molecule has 9 heteroatoms. The zero-order valence-corrected chi connectivity index (χ0v) is 16.4. The Balaban J connectivity index is 1.98. The van der Waals surface area contributed by atoms with Gasteiger partial charge in [0, 0.05) is 5.39 Å². The number of ether oxygens (including phenoxy) is 2. The molecule has 8 nitrogen and oxygen atoms in total. The maximum absolute atomic E-state index is 12.4. The minimum Gasteiger partial charge on any atom is -0.465 e. The minimum absolute atomic E-state index is 0.157. The van der Waals surface area contributed by atoms with Crippen LogP contribution in [0.4, 0.5) is 0 Å². The number of rotatable bonds is 8. The summed E-state index contributed by atoms with van der Waals surface area (Å²) in [6.07, 6.45) is 1.58. The van der Waals surface area contributed by atoms with Crippen LogP contribution in [0.3, 0.4) is 0 Å². The van der Waals surface area contributed by atoms with Gasteiger partial charge in [0.15, 0.2) is 11.1 Å². The first-order valence-corrected chi connectivity index (χ1v) is 9.69. The van der Waals surface area contributed by atoms with Gasteiger partial charge >= 0.3 is 11.9 Å². The average molecular weight is 400 g/mol. The van der Waals surface area contributed by atoms with Gasteiger partial charge in [-0.05, 0) is 49.7 Å². The van der Waals surface area contributed by atoms with Crippen molar-refractivity contribution in [2.75, 3.05) is 13.2 Å². The van der Waals surface area contributed by atoms with E-state index in [0.29, 0.717) is 10.2 Å². The molecule has 0 aliphatic heterocycles. The van der Waals surface area contributed by atoms with Crippen LogP contribution in [0.5, 0.6) is 0 Å². The largest absolute Gasteiger partial charge is 0.465 e. The molecule has 2 aromatic heterocycles. The van der Waals surface area contributed by atoms with E-state index in [-0.39, 0.29) is 19.6 Å². The van der Waals surface area contributed by atoms with Crippen molar-refractivity contribution in [2.24, 2.45) is 5.92 Å². The van der Waals surface area contributed by atoms with Gasteiger partial charge in [0.1, 0.15) is 11.4 Å². The molecule has 0 bridgehead atoms. The number of aromatic nitrogens is 4. The second kappa shape index (κ2) is 9.32. The number of nitrogens with zero attached hydrogens (tertiary/aromatic N) is 3. The minimum atomic E-state index is -1.03. The Morgan fingerprint density at radius 3 is 2.50 bits per heavy atom. The first kappa shape index (κ1) is 19.8. The number of hydrogen-bond acceptors (Lipinski definition) is 8. The van der Waals surface area contributed by atoms with Crippen LogP contribution < -0.4 is 0 Å². The van der Waals surface area contributed by atoms with Crippen molar-refractivity contribution in [2.45, 2.75) is 30.5 Å². The molecule has 28 heavy (non-hydrogen) atoms. The molecule has 0 radical (unpaired) electrons. The lowest BCUT2D eigenvalue weighted by atomic mass is 9.96. The number of fused-ring (bicyclic) bond motifs is 1. The topological polar surface area (TPSA) is 107 Å². The first-order chi connectivity index (χ1) is 13.6. The third-order valence-electron chi connectivity index (χ3n) is 3.94. The van der Waals surface area contributed by atoms with Gasteiger partial charge in [-0.25, -0.2) is 9.97 Å². The molecule has 3 rings (SSSR count). The Morgan fingerprint density at radius 2 is 1.86 bits per heavy atom. The maximum atomic E-state index is 12.4. The predicted molar refractivity (Wildman–Crippen MR) is 103 cm³/mol. The normalized spacial score (nSPS) is 11.0. The van der Waals surface area contributed by atoms with Crippen LogP contribution in [-0.2, 0) is 25.5 Å². The zero-order valence-electron chi connectivity index (χ0n) is 15.5. The van der Waals surface area contributed by atoms with Gasteiger partial charge in [-0.15, -0.1) is 0 Å². The van der Waals surface area contributed by atoms with Crippen molar-refractivity contribution < 1.29 is 19.1 Å².